The molecule has 1 spiro atoms. The number of pyridine rings is 1. The van der Waals surface area contributed by atoms with Crippen molar-refractivity contribution in [3.63, 3.8) is 0 Å². The van der Waals surface area contributed by atoms with Gasteiger partial charge in [-0.05, 0) is 39.2 Å². The minimum Gasteiger partial charge on any atom is -0.420 e. The van der Waals surface area contributed by atoms with Gasteiger partial charge < -0.3 is 24.4 Å². The van der Waals surface area contributed by atoms with Gasteiger partial charge in [-0.15, -0.1) is 0 Å². The van der Waals surface area contributed by atoms with Crippen LogP contribution in [0.2, 0.25) is 0 Å². The van der Waals surface area contributed by atoms with Crippen LogP contribution in [0, 0.1) is 11.6 Å². The monoisotopic (exact) mass is 612 g/mol. The van der Waals surface area contributed by atoms with Crippen LogP contribution < -0.4 is 15.5 Å². The highest BCUT2D eigenvalue weighted by molar-refractivity contribution is 6.00. The molecular weight excluding hydrogens is 574 g/mol. The lowest BCUT2D eigenvalue weighted by Gasteiger charge is -2.42. The van der Waals surface area contributed by atoms with Gasteiger partial charge in [0.2, 0.25) is 11.2 Å². The first-order chi connectivity index (χ1) is 21.0. The van der Waals surface area contributed by atoms with E-state index in [2.05, 4.69) is 17.4 Å². The number of aromatic nitrogens is 1. The van der Waals surface area contributed by atoms with Crippen molar-refractivity contribution in [1.29, 1.82) is 0 Å². The normalized spacial score (nSPS) is 22.2. The van der Waals surface area contributed by atoms with Crippen molar-refractivity contribution < 1.29 is 32.7 Å². The largest absolute Gasteiger partial charge is 0.420 e. The molecule has 1 N–H and O–H groups in total. The van der Waals surface area contributed by atoms with Gasteiger partial charge in [0.05, 0.1) is 11.8 Å². The van der Waals surface area contributed by atoms with Crippen LogP contribution >= 0.6 is 0 Å². The Kier molecular flexibility index (Phi) is 9.17. The molecule has 0 radical (unpaired) electrons. The van der Waals surface area contributed by atoms with Crippen molar-refractivity contribution in [3.8, 4) is 5.75 Å². The third-order valence-electron chi connectivity index (χ3n) is 8.82. The first-order valence-electron chi connectivity index (χ1n) is 15.3. The van der Waals surface area contributed by atoms with Gasteiger partial charge in [-0.3, -0.25) is 19.2 Å². The van der Waals surface area contributed by atoms with Gasteiger partial charge in [-0.25, -0.2) is 8.78 Å². The van der Waals surface area contributed by atoms with Gasteiger partial charge in [0, 0.05) is 49.8 Å². The van der Waals surface area contributed by atoms with Crippen LogP contribution in [-0.4, -0.2) is 51.2 Å². The average molecular weight is 613 g/mol. The number of amides is 2. The van der Waals surface area contributed by atoms with E-state index in [1.165, 1.54) is 16.8 Å². The summed E-state index contributed by atoms with van der Waals surface area (Å²) in [7, 11) is 0. The summed E-state index contributed by atoms with van der Waals surface area (Å²) in [5, 5.41) is 6.72. The summed E-state index contributed by atoms with van der Waals surface area (Å²) in [6.45, 7) is 5.77. The molecule has 236 valence electrons. The van der Waals surface area contributed by atoms with Gasteiger partial charge >= 0.3 is 5.97 Å². The third kappa shape index (κ3) is 6.11. The smallest absolute Gasteiger partial charge is 0.311 e. The number of halogens is 2. The second-order valence-corrected chi connectivity index (χ2v) is 12.0. The first-order valence-corrected chi connectivity index (χ1v) is 15.3. The molecule has 3 atom stereocenters. The molecule has 2 bridgehead atoms. The molecule has 1 aromatic carbocycles. The second kappa shape index (κ2) is 12.9. The number of carbonyl (C=O) groups is 3. The Balaban J connectivity index is 1.55. The van der Waals surface area contributed by atoms with E-state index in [4.69, 9.17) is 9.57 Å². The number of fused-ring (bicyclic) bond motifs is 5. The van der Waals surface area contributed by atoms with Crippen molar-refractivity contribution >= 4 is 23.5 Å². The Morgan fingerprint density at radius 1 is 1.18 bits per heavy atom. The van der Waals surface area contributed by atoms with Crippen molar-refractivity contribution in [2.75, 3.05) is 6.54 Å². The number of oxime groups is 1. The van der Waals surface area contributed by atoms with Gasteiger partial charge in [0.25, 0.3) is 11.8 Å². The molecule has 5 rings (SSSR count). The molecule has 2 amide bonds. The quantitative estimate of drug-likeness (QED) is 0.297. The van der Waals surface area contributed by atoms with E-state index >= 15 is 0 Å². The third-order valence-corrected chi connectivity index (χ3v) is 8.82. The minimum atomic E-state index is -0.928. The van der Waals surface area contributed by atoms with E-state index in [1.807, 2.05) is 13.8 Å². The maximum Gasteiger partial charge on any atom is 0.311 e. The summed E-state index contributed by atoms with van der Waals surface area (Å²) in [6, 6.07) is 2.23. The van der Waals surface area contributed by atoms with Crippen LogP contribution in [0.3, 0.4) is 0 Å². The highest BCUT2D eigenvalue weighted by Gasteiger charge is 2.54. The summed E-state index contributed by atoms with van der Waals surface area (Å²) in [5.41, 5.74) is -1.48. The van der Waals surface area contributed by atoms with E-state index in [0.29, 0.717) is 31.7 Å². The Hall–Kier alpha value is -4.09. The second-order valence-electron chi connectivity index (χ2n) is 12.0. The minimum absolute atomic E-state index is 0.0158. The van der Waals surface area contributed by atoms with Gasteiger partial charge in [-0.2, -0.15) is 0 Å². The lowest BCUT2D eigenvalue weighted by Crippen LogP contribution is -2.52. The fourth-order valence-electron chi connectivity index (χ4n) is 6.34. The Bertz CT molecular complexity index is 1560. The molecular formula is C32H38F2N4O6. The molecule has 0 saturated carbocycles. The zero-order valence-electron chi connectivity index (χ0n) is 25.3. The van der Waals surface area contributed by atoms with Gasteiger partial charge in [-0.1, -0.05) is 43.8 Å². The van der Waals surface area contributed by atoms with Crippen molar-refractivity contribution in [2.24, 2.45) is 5.16 Å². The maximum atomic E-state index is 14.3. The van der Waals surface area contributed by atoms with Crippen LogP contribution in [-0.2, 0) is 16.2 Å². The van der Waals surface area contributed by atoms with Crippen molar-refractivity contribution in [3.05, 3.63) is 63.1 Å². The van der Waals surface area contributed by atoms with Crippen LogP contribution in [0.1, 0.15) is 111 Å². The fourth-order valence-corrected chi connectivity index (χ4v) is 6.34. The number of carbonyl (C=O) groups excluding carboxylic acids is 3. The number of hydrogen-bond donors (Lipinski definition) is 1. The zero-order valence-corrected chi connectivity index (χ0v) is 25.3. The molecule has 0 aliphatic carbocycles. The topological polar surface area (TPSA) is 119 Å². The predicted octanol–water partition coefficient (Wildman–Crippen LogP) is 5.04. The highest BCUT2D eigenvalue weighted by Crippen LogP contribution is 2.46. The molecule has 3 aliphatic rings. The summed E-state index contributed by atoms with van der Waals surface area (Å²) >= 11 is 0. The van der Waals surface area contributed by atoms with E-state index in [-0.39, 0.29) is 42.4 Å². The lowest BCUT2D eigenvalue weighted by atomic mass is 9.84. The van der Waals surface area contributed by atoms with E-state index < -0.39 is 52.2 Å². The molecule has 2 aromatic rings. The Labute approximate surface area is 254 Å². The first kappa shape index (κ1) is 31.3. The van der Waals surface area contributed by atoms with Crippen molar-refractivity contribution in [1.82, 2.24) is 14.8 Å². The molecule has 10 nitrogen and oxygen atoms in total. The van der Waals surface area contributed by atoms with Gasteiger partial charge in [0.15, 0.2) is 11.3 Å². The van der Waals surface area contributed by atoms with Crippen molar-refractivity contribution in [2.45, 2.75) is 103 Å². The van der Waals surface area contributed by atoms with E-state index in [1.54, 1.807) is 4.90 Å². The van der Waals surface area contributed by atoms with Gasteiger partial charge in [0.1, 0.15) is 17.2 Å². The summed E-state index contributed by atoms with van der Waals surface area (Å²) in [6.07, 6.45) is 7.42. The molecule has 0 unspecified atom stereocenters. The molecule has 1 fully saturated rings. The molecule has 44 heavy (non-hydrogen) atoms. The number of unbranched alkanes of at least 4 members (excludes halogenated alkanes) is 4. The SMILES string of the molecule is CCCCCCCC(=O)Oc1c2n(cc(C(=O)NCc3ccc(F)cc3F)c1=O)[C@@H]1CN(C2=O)[C@@H](C)CC[C@]12CC(C)=NO2. The van der Waals surface area contributed by atoms with Crippen LogP contribution in [0.15, 0.2) is 34.3 Å². The predicted molar refractivity (Wildman–Crippen MR) is 158 cm³/mol. The Morgan fingerprint density at radius 2 is 1.95 bits per heavy atom. The standard InChI is InChI=1S/C32H38F2N4O6/c1-4-5-6-7-8-9-26(39)43-29-27-31(42)37-18-25(32(13-12-20(37)3)15-19(2)36-44-32)38(27)17-23(28(29)40)30(41)35-16-21-10-11-22(33)14-24(21)34/h10-11,14,17,20,25H,4-9,12-13,15-16,18H2,1-3H3,(H,35,41)/t20-,25+,32-/m0/s1. The average Bonchev–Trinajstić information content (AvgIpc) is 3.32. The fraction of sp³-hybridized carbons (Fsp3) is 0.531. The number of esters is 1. The van der Waals surface area contributed by atoms with E-state index in [0.717, 1.165) is 37.5 Å². The number of benzene rings is 1. The molecule has 12 heteroatoms. The van der Waals surface area contributed by atoms with Crippen LogP contribution in [0.5, 0.6) is 5.75 Å². The van der Waals surface area contributed by atoms with Crippen LogP contribution in [0.4, 0.5) is 8.78 Å². The maximum absolute atomic E-state index is 14.3. The van der Waals surface area contributed by atoms with E-state index in [9.17, 15) is 28.0 Å². The summed E-state index contributed by atoms with van der Waals surface area (Å²) < 4.78 is 34.8. The molecule has 1 aromatic heterocycles. The number of rotatable bonds is 10. The molecule has 1 saturated heterocycles. The van der Waals surface area contributed by atoms with Crippen LogP contribution in [0.25, 0.3) is 0 Å². The highest BCUT2D eigenvalue weighted by atomic mass is 19.1. The summed E-state index contributed by atoms with van der Waals surface area (Å²) in [4.78, 5) is 61.9. The summed E-state index contributed by atoms with van der Waals surface area (Å²) in [5.74, 6) is -4.15. The number of nitrogens with zero attached hydrogens (tertiary/aromatic N) is 3. The number of ether oxygens (including phenoxy) is 1. The number of hydrogen-bond acceptors (Lipinski definition) is 7. The number of nitrogens with one attached hydrogen (secondary N) is 1. The molecule has 3 aliphatic heterocycles. The lowest BCUT2D eigenvalue weighted by molar-refractivity contribution is -0.134. The molecule has 4 heterocycles. The Morgan fingerprint density at radius 3 is 2.66 bits per heavy atom. The zero-order chi connectivity index (χ0) is 31.6.